The highest BCUT2D eigenvalue weighted by molar-refractivity contribution is 7.12. The molecule has 3 amide bonds. The van der Waals surface area contributed by atoms with Crippen molar-refractivity contribution in [3.8, 4) is 0 Å². The van der Waals surface area contributed by atoms with E-state index in [1.807, 2.05) is 59.5 Å². The second-order valence-electron chi connectivity index (χ2n) is 8.19. The van der Waals surface area contributed by atoms with Gasteiger partial charge in [-0.05, 0) is 53.8 Å². The minimum absolute atomic E-state index is 0.144. The van der Waals surface area contributed by atoms with E-state index in [2.05, 4.69) is 10.6 Å². The molecule has 1 atom stereocenters. The van der Waals surface area contributed by atoms with Crippen molar-refractivity contribution in [2.75, 3.05) is 16.8 Å². The van der Waals surface area contributed by atoms with Gasteiger partial charge in [-0.2, -0.15) is 0 Å². The highest BCUT2D eigenvalue weighted by Crippen LogP contribution is 2.38. The third-order valence-corrected chi connectivity index (χ3v) is 7.14. The molecule has 3 aromatic rings. The van der Waals surface area contributed by atoms with Gasteiger partial charge in [-0.3, -0.25) is 14.4 Å². The third kappa shape index (κ3) is 4.27. The molecule has 2 aliphatic rings. The number of hydrogen-bond acceptors (Lipinski definition) is 5. The first-order chi connectivity index (χ1) is 16.0. The standard InChI is InChI=1S/C25H23N3O4S/c29-21-9-6-16-12-18(13-17-10-11-28(21)22(16)17)27-25(32)24(31)26-14-19-7-8-20(33-19)23(30)15-4-2-1-3-5-15/h1-5,7-8,12-13,23,30H,6,9-11,14H2,(H,26,31)(H,27,32). The van der Waals surface area contributed by atoms with E-state index in [0.717, 1.165) is 38.6 Å². The summed E-state index contributed by atoms with van der Waals surface area (Å²) in [5.74, 6) is -1.31. The first kappa shape index (κ1) is 21.4. The van der Waals surface area contributed by atoms with Crippen LogP contribution in [0.3, 0.4) is 0 Å². The summed E-state index contributed by atoms with van der Waals surface area (Å²) in [6.45, 7) is 0.867. The van der Waals surface area contributed by atoms with Crippen molar-refractivity contribution < 1.29 is 19.5 Å². The van der Waals surface area contributed by atoms with Crippen LogP contribution in [-0.4, -0.2) is 29.4 Å². The number of benzene rings is 2. The summed E-state index contributed by atoms with van der Waals surface area (Å²) in [7, 11) is 0. The molecule has 2 aromatic carbocycles. The molecule has 3 heterocycles. The van der Waals surface area contributed by atoms with Crippen molar-refractivity contribution in [2.45, 2.75) is 31.9 Å². The van der Waals surface area contributed by atoms with E-state index < -0.39 is 17.9 Å². The summed E-state index contributed by atoms with van der Waals surface area (Å²) in [6.07, 6.45) is 1.13. The van der Waals surface area contributed by atoms with Gasteiger partial charge in [0.2, 0.25) is 5.91 Å². The molecule has 0 saturated carbocycles. The van der Waals surface area contributed by atoms with Crippen LogP contribution < -0.4 is 15.5 Å². The van der Waals surface area contributed by atoms with Crippen LogP contribution in [0.4, 0.5) is 11.4 Å². The molecular formula is C25H23N3O4S. The number of carbonyl (C=O) groups excluding carboxylic acids is 3. The van der Waals surface area contributed by atoms with E-state index in [9.17, 15) is 19.5 Å². The Labute approximate surface area is 195 Å². The number of nitrogens with one attached hydrogen (secondary N) is 2. The molecule has 168 valence electrons. The van der Waals surface area contributed by atoms with Gasteiger partial charge in [-0.15, -0.1) is 11.3 Å². The first-order valence-electron chi connectivity index (χ1n) is 10.9. The highest BCUT2D eigenvalue weighted by atomic mass is 32.1. The zero-order chi connectivity index (χ0) is 22.9. The molecule has 0 bridgehead atoms. The third-order valence-electron chi connectivity index (χ3n) is 6.01. The van der Waals surface area contributed by atoms with E-state index in [1.165, 1.54) is 11.3 Å². The fourth-order valence-corrected chi connectivity index (χ4v) is 5.37. The first-order valence-corrected chi connectivity index (χ1v) is 11.7. The Kier molecular flexibility index (Phi) is 5.70. The monoisotopic (exact) mass is 461 g/mol. The highest BCUT2D eigenvalue weighted by Gasteiger charge is 2.31. The molecule has 0 radical (unpaired) electrons. The molecule has 0 saturated heterocycles. The van der Waals surface area contributed by atoms with Crippen molar-refractivity contribution in [1.82, 2.24) is 5.32 Å². The summed E-state index contributed by atoms with van der Waals surface area (Å²) in [4.78, 5) is 40.3. The lowest BCUT2D eigenvalue weighted by molar-refractivity contribution is -0.136. The Morgan fingerprint density at radius 2 is 1.76 bits per heavy atom. The Morgan fingerprint density at radius 1 is 1.00 bits per heavy atom. The fraction of sp³-hybridized carbons (Fsp3) is 0.240. The number of aryl methyl sites for hydroxylation is 1. The number of hydrogen-bond donors (Lipinski definition) is 3. The lowest BCUT2D eigenvalue weighted by Crippen LogP contribution is -2.35. The van der Waals surface area contributed by atoms with E-state index in [4.69, 9.17) is 0 Å². The largest absolute Gasteiger partial charge is 0.383 e. The van der Waals surface area contributed by atoms with Crippen molar-refractivity contribution in [1.29, 1.82) is 0 Å². The Bertz CT molecular complexity index is 1240. The Morgan fingerprint density at radius 3 is 2.55 bits per heavy atom. The minimum Gasteiger partial charge on any atom is -0.383 e. The quantitative estimate of drug-likeness (QED) is 0.509. The predicted molar refractivity (Wildman–Crippen MR) is 126 cm³/mol. The molecule has 3 N–H and O–H groups in total. The second kappa shape index (κ2) is 8.80. The summed E-state index contributed by atoms with van der Waals surface area (Å²) in [6, 6.07) is 16.7. The average Bonchev–Trinajstić information content (AvgIpc) is 3.48. The molecule has 1 unspecified atom stereocenters. The topological polar surface area (TPSA) is 98.7 Å². The van der Waals surface area contributed by atoms with Crippen molar-refractivity contribution in [3.05, 3.63) is 81.0 Å². The van der Waals surface area contributed by atoms with Crippen molar-refractivity contribution in [2.24, 2.45) is 0 Å². The van der Waals surface area contributed by atoms with Crippen LogP contribution in [0, 0.1) is 0 Å². The number of amides is 3. The lowest BCUT2D eigenvalue weighted by atomic mass is 9.98. The molecule has 5 rings (SSSR count). The maximum atomic E-state index is 12.4. The van der Waals surface area contributed by atoms with Gasteiger partial charge < -0.3 is 20.6 Å². The van der Waals surface area contributed by atoms with Crippen molar-refractivity contribution >= 4 is 40.4 Å². The number of aliphatic hydroxyl groups excluding tert-OH is 1. The number of nitrogens with zero attached hydrogens (tertiary/aromatic N) is 1. The van der Waals surface area contributed by atoms with Gasteiger partial charge in [0.25, 0.3) is 0 Å². The molecule has 0 spiro atoms. The van der Waals surface area contributed by atoms with Crippen LogP contribution in [-0.2, 0) is 33.8 Å². The minimum atomic E-state index is -0.731. The molecule has 0 fully saturated rings. The number of anilines is 2. The summed E-state index contributed by atoms with van der Waals surface area (Å²) in [5, 5.41) is 15.8. The number of rotatable bonds is 5. The maximum absolute atomic E-state index is 12.4. The smallest absolute Gasteiger partial charge is 0.313 e. The van der Waals surface area contributed by atoms with Gasteiger partial charge in [0.05, 0.1) is 12.2 Å². The van der Waals surface area contributed by atoms with Crippen LogP contribution in [0.1, 0.15) is 39.0 Å². The van der Waals surface area contributed by atoms with Crippen molar-refractivity contribution in [3.63, 3.8) is 0 Å². The van der Waals surface area contributed by atoms with Gasteiger partial charge in [0.15, 0.2) is 0 Å². The van der Waals surface area contributed by atoms with Crippen LogP contribution in [0.15, 0.2) is 54.6 Å². The number of thiophene rings is 1. The summed E-state index contributed by atoms with van der Waals surface area (Å²) >= 11 is 1.39. The molecule has 2 aliphatic heterocycles. The fourth-order valence-electron chi connectivity index (χ4n) is 4.40. The molecule has 8 heteroatoms. The van der Waals surface area contributed by atoms with Crippen LogP contribution in [0.5, 0.6) is 0 Å². The van der Waals surface area contributed by atoms with E-state index in [1.54, 1.807) is 0 Å². The average molecular weight is 462 g/mol. The Balaban J connectivity index is 1.19. The number of aliphatic hydroxyl groups is 1. The Hall–Kier alpha value is -3.49. The van der Waals surface area contributed by atoms with Crippen LogP contribution >= 0.6 is 11.3 Å². The molecule has 1 aromatic heterocycles. The van der Waals surface area contributed by atoms with Gasteiger partial charge >= 0.3 is 11.8 Å². The SMILES string of the molecule is O=C(NCc1ccc(C(O)c2ccccc2)s1)C(=O)Nc1cc2c3c(c1)CCN3C(=O)CC2. The van der Waals surface area contributed by atoms with E-state index in [-0.39, 0.29) is 12.5 Å². The molecule has 7 nitrogen and oxygen atoms in total. The lowest BCUT2D eigenvalue weighted by Gasteiger charge is -2.25. The molecular weight excluding hydrogens is 438 g/mol. The molecule has 33 heavy (non-hydrogen) atoms. The van der Waals surface area contributed by atoms with Gasteiger partial charge in [-0.1, -0.05) is 30.3 Å². The maximum Gasteiger partial charge on any atom is 0.313 e. The van der Waals surface area contributed by atoms with Gasteiger partial charge in [0, 0.05) is 28.4 Å². The normalized spacial score (nSPS) is 15.2. The van der Waals surface area contributed by atoms with Gasteiger partial charge in [0.1, 0.15) is 6.10 Å². The predicted octanol–water partition coefficient (Wildman–Crippen LogP) is 2.92. The zero-order valence-corrected chi connectivity index (χ0v) is 18.7. The van der Waals surface area contributed by atoms with Gasteiger partial charge in [-0.25, -0.2) is 0 Å². The second-order valence-corrected chi connectivity index (χ2v) is 9.39. The molecule has 0 aliphatic carbocycles. The summed E-state index contributed by atoms with van der Waals surface area (Å²) < 4.78 is 0. The number of carbonyl (C=O) groups is 3. The van der Waals surface area contributed by atoms with E-state index in [0.29, 0.717) is 25.1 Å². The van der Waals surface area contributed by atoms with E-state index >= 15 is 0 Å². The van der Waals surface area contributed by atoms with Crippen LogP contribution in [0.2, 0.25) is 0 Å². The van der Waals surface area contributed by atoms with Crippen LogP contribution in [0.25, 0.3) is 0 Å². The zero-order valence-electron chi connectivity index (χ0n) is 17.8. The summed E-state index contributed by atoms with van der Waals surface area (Å²) in [5.41, 5.74) is 4.40.